The number of anilines is 2. The second kappa shape index (κ2) is 7.11. The second-order valence-corrected chi connectivity index (χ2v) is 6.72. The van der Waals surface area contributed by atoms with Crippen molar-refractivity contribution >= 4 is 22.3 Å². The summed E-state index contributed by atoms with van der Waals surface area (Å²) in [6, 6.07) is 16.5. The SMILES string of the molecule is COc1ccccc1Nc1cc2c(-c3cnn(C(C)C)c3)cccc2cn1. The van der Waals surface area contributed by atoms with Crippen molar-refractivity contribution in [3.05, 3.63) is 67.1 Å². The van der Waals surface area contributed by atoms with Crippen LogP contribution in [0.5, 0.6) is 5.75 Å². The van der Waals surface area contributed by atoms with Gasteiger partial charge in [0.25, 0.3) is 0 Å². The fraction of sp³-hybridized carbons (Fsp3) is 0.182. The molecule has 2 aromatic carbocycles. The van der Waals surface area contributed by atoms with Gasteiger partial charge in [-0.05, 0) is 43.0 Å². The molecule has 5 heteroatoms. The summed E-state index contributed by atoms with van der Waals surface area (Å²) < 4.78 is 7.40. The van der Waals surface area contributed by atoms with E-state index < -0.39 is 0 Å². The number of pyridine rings is 1. The quantitative estimate of drug-likeness (QED) is 0.517. The van der Waals surface area contributed by atoms with Gasteiger partial charge in [0.2, 0.25) is 0 Å². The lowest BCUT2D eigenvalue weighted by Gasteiger charge is -2.12. The van der Waals surface area contributed by atoms with E-state index in [-0.39, 0.29) is 0 Å². The summed E-state index contributed by atoms with van der Waals surface area (Å²) in [6.45, 7) is 4.25. The van der Waals surface area contributed by atoms with Crippen LogP contribution in [-0.4, -0.2) is 21.9 Å². The Morgan fingerprint density at radius 2 is 1.89 bits per heavy atom. The highest BCUT2D eigenvalue weighted by atomic mass is 16.5. The smallest absolute Gasteiger partial charge is 0.142 e. The van der Waals surface area contributed by atoms with Crippen LogP contribution in [-0.2, 0) is 0 Å². The molecule has 2 aromatic heterocycles. The molecule has 2 heterocycles. The molecule has 0 aliphatic heterocycles. The molecule has 0 unspecified atom stereocenters. The Labute approximate surface area is 158 Å². The van der Waals surface area contributed by atoms with Gasteiger partial charge in [-0.2, -0.15) is 5.10 Å². The van der Waals surface area contributed by atoms with Gasteiger partial charge in [-0.15, -0.1) is 0 Å². The molecule has 0 amide bonds. The summed E-state index contributed by atoms with van der Waals surface area (Å²) in [4.78, 5) is 4.56. The van der Waals surface area contributed by atoms with Gasteiger partial charge in [-0.1, -0.05) is 30.3 Å². The van der Waals surface area contributed by atoms with Gasteiger partial charge >= 0.3 is 0 Å². The molecule has 0 aliphatic rings. The standard InChI is InChI=1S/C22H22N4O/c1-15(2)26-14-17(13-24-26)18-8-6-7-16-12-23-22(11-19(16)18)25-20-9-4-5-10-21(20)27-3/h4-15H,1-3H3,(H,23,25). The fourth-order valence-corrected chi connectivity index (χ4v) is 3.14. The van der Waals surface area contributed by atoms with Crippen molar-refractivity contribution in [2.75, 3.05) is 12.4 Å². The van der Waals surface area contributed by atoms with E-state index in [9.17, 15) is 0 Å². The molecule has 0 atom stereocenters. The predicted molar refractivity (Wildman–Crippen MR) is 110 cm³/mol. The summed E-state index contributed by atoms with van der Waals surface area (Å²) in [5.74, 6) is 1.56. The lowest BCUT2D eigenvalue weighted by atomic mass is 10.0. The van der Waals surface area contributed by atoms with E-state index in [0.29, 0.717) is 6.04 Å². The third-order valence-electron chi connectivity index (χ3n) is 4.57. The van der Waals surface area contributed by atoms with Crippen molar-refractivity contribution in [1.82, 2.24) is 14.8 Å². The normalized spacial score (nSPS) is 11.1. The third kappa shape index (κ3) is 3.36. The molecule has 0 radical (unpaired) electrons. The van der Waals surface area contributed by atoms with E-state index >= 15 is 0 Å². The monoisotopic (exact) mass is 358 g/mol. The summed E-state index contributed by atoms with van der Waals surface area (Å²) in [5.41, 5.74) is 3.13. The Bertz CT molecular complexity index is 1080. The fourth-order valence-electron chi connectivity index (χ4n) is 3.14. The molecule has 0 fully saturated rings. The van der Waals surface area contributed by atoms with Crippen LogP contribution in [0.1, 0.15) is 19.9 Å². The Hall–Kier alpha value is -3.34. The number of aromatic nitrogens is 3. The first kappa shape index (κ1) is 17.1. The number of rotatable bonds is 5. The Kier molecular flexibility index (Phi) is 4.50. The van der Waals surface area contributed by atoms with Crippen molar-refractivity contribution < 1.29 is 4.74 Å². The molecule has 0 aliphatic carbocycles. The second-order valence-electron chi connectivity index (χ2n) is 6.72. The van der Waals surface area contributed by atoms with Crippen LogP contribution in [0, 0.1) is 0 Å². The van der Waals surface area contributed by atoms with Gasteiger partial charge in [0.15, 0.2) is 0 Å². The molecular formula is C22H22N4O. The van der Waals surface area contributed by atoms with Crippen LogP contribution in [0.2, 0.25) is 0 Å². The van der Waals surface area contributed by atoms with Crippen molar-refractivity contribution in [1.29, 1.82) is 0 Å². The Morgan fingerprint density at radius 3 is 2.67 bits per heavy atom. The highest BCUT2D eigenvalue weighted by molar-refractivity contribution is 5.97. The van der Waals surface area contributed by atoms with Gasteiger partial charge < -0.3 is 10.1 Å². The largest absolute Gasteiger partial charge is 0.495 e. The highest BCUT2D eigenvalue weighted by Crippen LogP contribution is 2.32. The van der Waals surface area contributed by atoms with E-state index in [4.69, 9.17) is 4.74 Å². The number of para-hydroxylation sites is 2. The first-order valence-corrected chi connectivity index (χ1v) is 8.99. The van der Waals surface area contributed by atoms with Crippen molar-refractivity contribution in [3.8, 4) is 16.9 Å². The average molecular weight is 358 g/mol. The van der Waals surface area contributed by atoms with Crippen LogP contribution in [0.4, 0.5) is 11.5 Å². The minimum absolute atomic E-state index is 0.332. The number of benzene rings is 2. The van der Waals surface area contributed by atoms with Crippen LogP contribution in [0.25, 0.3) is 21.9 Å². The van der Waals surface area contributed by atoms with Gasteiger partial charge in [-0.3, -0.25) is 4.68 Å². The van der Waals surface area contributed by atoms with Crippen LogP contribution >= 0.6 is 0 Å². The topological polar surface area (TPSA) is 52.0 Å². The van der Waals surface area contributed by atoms with Gasteiger partial charge in [-0.25, -0.2) is 4.98 Å². The number of ether oxygens (including phenoxy) is 1. The Morgan fingerprint density at radius 1 is 1.04 bits per heavy atom. The molecule has 27 heavy (non-hydrogen) atoms. The number of fused-ring (bicyclic) bond motifs is 1. The van der Waals surface area contributed by atoms with Crippen LogP contribution in [0.15, 0.2) is 67.1 Å². The minimum Gasteiger partial charge on any atom is -0.495 e. The first-order chi connectivity index (χ1) is 13.2. The average Bonchev–Trinajstić information content (AvgIpc) is 3.18. The summed E-state index contributed by atoms with van der Waals surface area (Å²) in [6.07, 6.45) is 5.90. The molecule has 4 aromatic rings. The van der Waals surface area contributed by atoms with E-state index in [1.807, 2.05) is 41.3 Å². The maximum atomic E-state index is 5.42. The predicted octanol–water partition coefficient (Wildman–Crippen LogP) is 5.43. The highest BCUT2D eigenvalue weighted by Gasteiger charge is 2.10. The number of nitrogens with zero attached hydrogens (tertiary/aromatic N) is 3. The van der Waals surface area contributed by atoms with Crippen molar-refractivity contribution in [2.45, 2.75) is 19.9 Å². The maximum Gasteiger partial charge on any atom is 0.142 e. The van der Waals surface area contributed by atoms with Crippen LogP contribution in [0.3, 0.4) is 0 Å². The molecule has 0 saturated carbocycles. The molecule has 0 bridgehead atoms. The summed E-state index contributed by atoms with van der Waals surface area (Å²) >= 11 is 0. The van der Waals surface area contributed by atoms with E-state index in [0.717, 1.165) is 39.2 Å². The Balaban J connectivity index is 1.77. The summed E-state index contributed by atoms with van der Waals surface area (Å²) in [5, 5.41) is 10.1. The molecule has 136 valence electrons. The molecule has 0 spiro atoms. The lowest BCUT2D eigenvalue weighted by Crippen LogP contribution is -1.99. The number of hydrogen-bond donors (Lipinski definition) is 1. The summed E-state index contributed by atoms with van der Waals surface area (Å²) in [7, 11) is 1.67. The first-order valence-electron chi connectivity index (χ1n) is 8.99. The number of hydrogen-bond acceptors (Lipinski definition) is 4. The molecule has 1 N–H and O–H groups in total. The lowest BCUT2D eigenvalue weighted by molar-refractivity contribution is 0.417. The van der Waals surface area contributed by atoms with E-state index in [1.165, 1.54) is 0 Å². The van der Waals surface area contributed by atoms with Crippen molar-refractivity contribution in [2.24, 2.45) is 0 Å². The maximum absolute atomic E-state index is 5.42. The zero-order valence-corrected chi connectivity index (χ0v) is 15.7. The van der Waals surface area contributed by atoms with E-state index in [2.05, 4.69) is 59.7 Å². The van der Waals surface area contributed by atoms with Gasteiger partial charge in [0, 0.05) is 29.4 Å². The van der Waals surface area contributed by atoms with Crippen LogP contribution < -0.4 is 10.1 Å². The molecule has 4 rings (SSSR count). The zero-order chi connectivity index (χ0) is 18.8. The molecular weight excluding hydrogens is 336 g/mol. The molecule has 0 saturated heterocycles. The minimum atomic E-state index is 0.332. The number of methoxy groups -OCH3 is 1. The molecule has 5 nitrogen and oxygen atoms in total. The zero-order valence-electron chi connectivity index (χ0n) is 15.7. The van der Waals surface area contributed by atoms with Gasteiger partial charge in [0.1, 0.15) is 11.6 Å². The van der Waals surface area contributed by atoms with Crippen molar-refractivity contribution in [3.63, 3.8) is 0 Å². The van der Waals surface area contributed by atoms with E-state index in [1.54, 1.807) is 7.11 Å². The van der Waals surface area contributed by atoms with Gasteiger partial charge in [0.05, 0.1) is 19.0 Å². The number of nitrogens with one attached hydrogen (secondary N) is 1. The third-order valence-corrected chi connectivity index (χ3v) is 4.57.